The lowest BCUT2D eigenvalue weighted by Crippen LogP contribution is -2.00. The van der Waals surface area contributed by atoms with Gasteiger partial charge in [-0.2, -0.15) is 0 Å². The fourth-order valence-corrected chi connectivity index (χ4v) is 3.29. The molecule has 1 aromatic heterocycles. The molecule has 0 aliphatic carbocycles. The maximum atomic E-state index is 10.8. The molecule has 0 saturated heterocycles. The number of non-ortho nitro benzene ring substituents is 1. The van der Waals surface area contributed by atoms with Crippen molar-refractivity contribution < 1.29 is 9.76 Å². The monoisotopic (exact) mass is 391 g/mol. The van der Waals surface area contributed by atoms with Gasteiger partial charge in [-0.15, -0.1) is 0 Å². The maximum Gasteiger partial charge on any atom is 0.269 e. The molecule has 6 heteroatoms. The van der Waals surface area contributed by atoms with Crippen LogP contribution in [0.5, 0.6) is 0 Å². The molecular formula is C23H25N3O3. The van der Waals surface area contributed by atoms with Crippen molar-refractivity contribution in [3.05, 3.63) is 92.8 Å². The summed E-state index contributed by atoms with van der Waals surface area (Å²) in [6.07, 6.45) is 1.68. The van der Waals surface area contributed by atoms with Gasteiger partial charge in [0.1, 0.15) is 6.61 Å². The smallest absolute Gasteiger partial charge is 0.269 e. The Bertz CT molecular complexity index is 1030. The molecule has 6 nitrogen and oxygen atoms in total. The van der Waals surface area contributed by atoms with E-state index in [9.17, 15) is 10.1 Å². The summed E-state index contributed by atoms with van der Waals surface area (Å²) in [5.74, 6) is 0.502. The summed E-state index contributed by atoms with van der Waals surface area (Å²) in [4.78, 5) is 15.8. The van der Waals surface area contributed by atoms with Crippen LogP contribution in [0, 0.1) is 24.0 Å². The lowest BCUT2D eigenvalue weighted by molar-refractivity contribution is -0.384. The van der Waals surface area contributed by atoms with Crippen molar-refractivity contribution in [1.82, 2.24) is 4.57 Å². The van der Waals surface area contributed by atoms with E-state index in [0.717, 1.165) is 22.6 Å². The van der Waals surface area contributed by atoms with E-state index >= 15 is 0 Å². The summed E-state index contributed by atoms with van der Waals surface area (Å²) in [6, 6.07) is 17.0. The van der Waals surface area contributed by atoms with Crippen LogP contribution < -0.4 is 0 Å². The minimum atomic E-state index is -0.421. The molecule has 0 unspecified atom stereocenters. The molecule has 150 valence electrons. The Labute approximate surface area is 170 Å². The third-order valence-corrected chi connectivity index (χ3v) is 4.91. The van der Waals surface area contributed by atoms with Gasteiger partial charge in [0, 0.05) is 34.8 Å². The highest BCUT2D eigenvalue weighted by Crippen LogP contribution is 2.22. The van der Waals surface area contributed by atoms with E-state index < -0.39 is 4.92 Å². The third-order valence-electron chi connectivity index (χ3n) is 4.91. The molecule has 0 bridgehead atoms. The Morgan fingerprint density at radius 1 is 1.14 bits per heavy atom. The lowest BCUT2D eigenvalue weighted by Gasteiger charge is -2.12. The van der Waals surface area contributed by atoms with Gasteiger partial charge < -0.3 is 9.40 Å². The van der Waals surface area contributed by atoms with Crippen LogP contribution in [-0.2, 0) is 11.4 Å². The predicted molar refractivity (Wildman–Crippen MR) is 115 cm³/mol. The van der Waals surface area contributed by atoms with Gasteiger partial charge in [0.15, 0.2) is 0 Å². The molecule has 29 heavy (non-hydrogen) atoms. The Morgan fingerprint density at radius 3 is 2.52 bits per heavy atom. The first kappa shape index (κ1) is 20.3. The number of oxime groups is 1. The second-order valence-corrected chi connectivity index (χ2v) is 7.34. The highest BCUT2D eigenvalue weighted by molar-refractivity contribution is 5.81. The van der Waals surface area contributed by atoms with E-state index in [0.29, 0.717) is 11.5 Å². The van der Waals surface area contributed by atoms with Crippen LogP contribution in [0.25, 0.3) is 5.69 Å². The molecule has 0 radical (unpaired) electrons. The van der Waals surface area contributed by atoms with Crippen molar-refractivity contribution in [1.29, 1.82) is 0 Å². The largest absolute Gasteiger partial charge is 0.391 e. The molecule has 0 saturated carbocycles. The van der Waals surface area contributed by atoms with E-state index in [1.54, 1.807) is 18.3 Å². The fraction of sp³-hybridized carbons (Fsp3) is 0.261. The number of hydrogen-bond acceptors (Lipinski definition) is 4. The summed E-state index contributed by atoms with van der Waals surface area (Å²) >= 11 is 0. The van der Waals surface area contributed by atoms with Gasteiger partial charge in [-0.3, -0.25) is 10.1 Å². The average Bonchev–Trinajstić information content (AvgIpc) is 2.99. The Morgan fingerprint density at radius 2 is 1.86 bits per heavy atom. The highest BCUT2D eigenvalue weighted by Gasteiger charge is 2.10. The predicted octanol–water partition coefficient (Wildman–Crippen LogP) is 5.68. The highest BCUT2D eigenvalue weighted by atomic mass is 16.6. The van der Waals surface area contributed by atoms with E-state index in [1.807, 2.05) is 6.92 Å². The van der Waals surface area contributed by atoms with Crippen LogP contribution in [0.1, 0.15) is 47.8 Å². The number of benzene rings is 2. The van der Waals surface area contributed by atoms with Crippen LogP contribution >= 0.6 is 0 Å². The van der Waals surface area contributed by atoms with Gasteiger partial charge in [-0.25, -0.2) is 0 Å². The summed E-state index contributed by atoms with van der Waals surface area (Å²) in [5, 5.41) is 14.9. The molecular weight excluding hydrogens is 366 g/mol. The number of rotatable bonds is 7. The number of nitrogens with zero attached hydrogens (tertiary/aromatic N) is 3. The van der Waals surface area contributed by atoms with E-state index in [1.165, 1.54) is 17.7 Å². The Balaban J connectivity index is 1.71. The quantitative estimate of drug-likeness (QED) is 0.296. The topological polar surface area (TPSA) is 69.7 Å². The van der Waals surface area contributed by atoms with Gasteiger partial charge in [0.05, 0.1) is 11.1 Å². The first-order valence-corrected chi connectivity index (χ1v) is 9.54. The van der Waals surface area contributed by atoms with Crippen molar-refractivity contribution in [2.75, 3.05) is 0 Å². The van der Waals surface area contributed by atoms with Crippen molar-refractivity contribution in [2.45, 2.75) is 40.2 Å². The molecule has 3 rings (SSSR count). The van der Waals surface area contributed by atoms with Gasteiger partial charge >= 0.3 is 0 Å². The molecule has 0 atom stereocenters. The number of aryl methyl sites for hydroxylation is 1. The summed E-state index contributed by atoms with van der Waals surface area (Å²) in [7, 11) is 0. The summed E-state index contributed by atoms with van der Waals surface area (Å²) < 4.78 is 2.19. The standard InChI is InChI=1S/C23H25N3O3/c1-16(2)20-8-10-22(11-9-20)25-17(3)12-21(18(25)4)14-24-29-15-19-6-5-7-23(13-19)26(27)28/h5-14,16H,15H2,1-4H3/b24-14-. The zero-order valence-electron chi connectivity index (χ0n) is 17.1. The molecule has 0 N–H and O–H groups in total. The van der Waals surface area contributed by atoms with Crippen LogP contribution in [0.15, 0.2) is 59.8 Å². The van der Waals surface area contributed by atoms with Gasteiger partial charge in [-0.1, -0.05) is 43.3 Å². The van der Waals surface area contributed by atoms with Crippen LogP contribution in [0.2, 0.25) is 0 Å². The van der Waals surface area contributed by atoms with Gasteiger partial charge in [0.25, 0.3) is 5.69 Å². The van der Waals surface area contributed by atoms with E-state index in [-0.39, 0.29) is 12.3 Å². The molecule has 0 aliphatic heterocycles. The molecule has 0 amide bonds. The Hall–Kier alpha value is -3.41. The average molecular weight is 391 g/mol. The molecule has 0 aliphatic rings. The second-order valence-electron chi connectivity index (χ2n) is 7.34. The SMILES string of the molecule is Cc1cc(/C=N\OCc2cccc([N+](=O)[O-])c2)c(C)n1-c1ccc(C(C)C)cc1. The minimum Gasteiger partial charge on any atom is -0.391 e. The number of hydrogen-bond donors (Lipinski definition) is 0. The van der Waals surface area contributed by atoms with Crippen LogP contribution in [0.4, 0.5) is 5.69 Å². The molecule has 2 aromatic carbocycles. The first-order chi connectivity index (χ1) is 13.9. The van der Waals surface area contributed by atoms with Crippen molar-refractivity contribution in [2.24, 2.45) is 5.16 Å². The zero-order chi connectivity index (χ0) is 21.0. The number of nitro benzene ring substituents is 1. The van der Waals surface area contributed by atoms with Crippen molar-refractivity contribution in [3.63, 3.8) is 0 Å². The summed E-state index contributed by atoms with van der Waals surface area (Å²) in [5.41, 5.74) is 6.32. The Kier molecular flexibility index (Phi) is 6.12. The zero-order valence-corrected chi connectivity index (χ0v) is 17.1. The van der Waals surface area contributed by atoms with Gasteiger partial charge in [-0.05, 0) is 49.1 Å². The van der Waals surface area contributed by atoms with Crippen LogP contribution in [-0.4, -0.2) is 15.7 Å². The normalized spacial score (nSPS) is 11.3. The molecule has 1 heterocycles. The minimum absolute atomic E-state index is 0.0436. The van der Waals surface area contributed by atoms with Crippen molar-refractivity contribution >= 4 is 11.9 Å². The molecule has 3 aromatic rings. The maximum absolute atomic E-state index is 10.8. The van der Waals surface area contributed by atoms with E-state index in [2.05, 4.69) is 60.8 Å². The number of nitro groups is 1. The first-order valence-electron chi connectivity index (χ1n) is 9.54. The third kappa shape index (κ3) is 4.71. The molecule has 0 spiro atoms. The molecule has 0 fully saturated rings. The van der Waals surface area contributed by atoms with Crippen molar-refractivity contribution in [3.8, 4) is 5.69 Å². The fourth-order valence-electron chi connectivity index (χ4n) is 3.29. The second kappa shape index (κ2) is 8.73. The summed E-state index contributed by atoms with van der Waals surface area (Å²) in [6.45, 7) is 8.65. The lowest BCUT2D eigenvalue weighted by atomic mass is 10.0. The van der Waals surface area contributed by atoms with Gasteiger partial charge in [0.2, 0.25) is 0 Å². The van der Waals surface area contributed by atoms with Crippen LogP contribution in [0.3, 0.4) is 0 Å². The number of aromatic nitrogens is 1. The van der Waals surface area contributed by atoms with E-state index in [4.69, 9.17) is 4.84 Å².